The molecule has 3 nitrogen and oxygen atoms in total. The van der Waals surface area contributed by atoms with Crippen molar-refractivity contribution < 1.29 is 14.7 Å². The van der Waals surface area contributed by atoms with Gasteiger partial charge in [0.2, 0.25) is 0 Å². The van der Waals surface area contributed by atoms with Gasteiger partial charge in [0.25, 0.3) is 5.78 Å². The minimum Gasteiger partial charge on any atom is -0.475 e. The van der Waals surface area contributed by atoms with Crippen molar-refractivity contribution >= 4 is 11.8 Å². The van der Waals surface area contributed by atoms with E-state index in [0.29, 0.717) is 6.42 Å². The fourth-order valence-electron chi connectivity index (χ4n) is 2.20. The van der Waals surface area contributed by atoms with Gasteiger partial charge in [-0.15, -0.1) is 0 Å². The lowest BCUT2D eigenvalue weighted by Gasteiger charge is -2.12. The molecule has 1 N–H and O–H groups in total. The van der Waals surface area contributed by atoms with Gasteiger partial charge in [0.15, 0.2) is 0 Å². The third kappa shape index (κ3) is 1.35. The summed E-state index contributed by atoms with van der Waals surface area (Å²) >= 11 is 0. The van der Waals surface area contributed by atoms with Crippen molar-refractivity contribution in [1.29, 1.82) is 0 Å². The molecule has 1 aromatic carbocycles. The number of aliphatic carboxylic acids is 1. The highest BCUT2D eigenvalue weighted by Crippen LogP contribution is 2.54. The Morgan fingerprint density at radius 2 is 1.87 bits per heavy atom. The Bertz CT molecular complexity index is 410. The number of benzene rings is 1. The molecule has 1 aliphatic carbocycles. The number of rotatable bonds is 3. The monoisotopic (exact) mass is 204 g/mol. The molecule has 3 heteroatoms. The summed E-state index contributed by atoms with van der Waals surface area (Å²) in [5, 5.41) is 8.79. The van der Waals surface area contributed by atoms with Gasteiger partial charge in [0.05, 0.1) is 5.41 Å². The highest BCUT2D eigenvalue weighted by Gasteiger charge is 2.60. The van der Waals surface area contributed by atoms with Crippen LogP contribution in [0, 0.1) is 5.92 Å². The molecule has 2 rings (SSSR count). The number of carboxylic acid groups (broad SMARTS) is 1. The topological polar surface area (TPSA) is 54.4 Å². The molecule has 1 fully saturated rings. The van der Waals surface area contributed by atoms with Gasteiger partial charge in [-0.1, -0.05) is 37.3 Å². The normalized spacial score (nSPS) is 28.5. The van der Waals surface area contributed by atoms with Crippen LogP contribution in [0.5, 0.6) is 0 Å². The van der Waals surface area contributed by atoms with Crippen LogP contribution in [-0.4, -0.2) is 16.9 Å². The van der Waals surface area contributed by atoms with Crippen LogP contribution >= 0.6 is 0 Å². The Kier molecular flexibility index (Phi) is 2.11. The summed E-state index contributed by atoms with van der Waals surface area (Å²) < 4.78 is 0. The average Bonchev–Trinajstić information content (AvgIpc) is 2.91. The van der Waals surface area contributed by atoms with Gasteiger partial charge in [-0.3, -0.25) is 4.79 Å². The first-order valence-electron chi connectivity index (χ1n) is 4.92. The van der Waals surface area contributed by atoms with Crippen molar-refractivity contribution in [2.24, 2.45) is 5.92 Å². The smallest absolute Gasteiger partial charge is 0.373 e. The maximum absolute atomic E-state index is 11.6. The Morgan fingerprint density at radius 1 is 1.33 bits per heavy atom. The average molecular weight is 204 g/mol. The summed E-state index contributed by atoms with van der Waals surface area (Å²) in [7, 11) is 0. The van der Waals surface area contributed by atoms with E-state index in [4.69, 9.17) is 5.11 Å². The summed E-state index contributed by atoms with van der Waals surface area (Å²) in [4.78, 5) is 22.4. The molecule has 15 heavy (non-hydrogen) atoms. The van der Waals surface area contributed by atoms with Crippen molar-refractivity contribution in [3.63, 3.8) is 0 Å². The maximum atomic E-state index is 11.6. The lowest BCUT2D eigenvalue weighted by molar-refractivity contribution is -0.150. The predicted molar refractivity (Wildman–Crippen MR) is 54.5 cm³/mol. The van der Waals surface area contributed by atoms with Gasteiger partial charge >= 0.3 is 5.97 Å². The van der Waals surface area contributed by atoms with Crippen molar-refractivity contribution in [3.8, 4) is 0 Å². The van der Waals surface area contributed by atoms with E-state index in [1.165, 1.54) is 0 Å². The van der Waals surface area contributed by atoms with Crippen molar-refractivity contribution in [2.45, 2.75) is 18.8 Å². The fourth-order valence-corrected chi connectivity index (χ4v) is 2.20. The van der Waals surface area contributed by atoms with Crippen LogP contribution in [0.1, 0.15) is 18.9 Å². The van der Waals surface area contributed by atoms with E-state index in [2.05, 4.69) is 0 Å². The molecule has 0 saturated heterocycles. The molecular weight excluding hydrogens is 192 g/mol. The van der Waals surface area contributed by atoms with E-state index in [-0.39, 0.29) is 5.92 Å². The van der Waals surface area contributed by atoms with Crippen LogP contribution in [0.15, 0.2) is 30.3 Å². The summed E-state index contributed by atoms with van der Waals surface area (Å²) in [5.41, 5.74) is 0.0671. The number of carbonyl (C=O) groups is 2. The molecule has 2 atom stereocenters. The third-order valence-electron chi connectivity index (χ3n) is 3.20. The first kappa shape index (κ1) is 9.90. The minimum absolute atomic E-state index is 0.128. The van der Waals surface area contributed by atoms with Gasteiger partial charge in [-0.25, -0.2) is 4.79 Å². The molecule has 0 amide bonds. The lowest BCUT2D eigenvalue weighted by Crippen LogP contribution is -2.29. The second-order valence-electron chi connectivity index (χ2n) is 4.08. The third-order valence-corrected chi connectivity index (χ3v) is 3.20. The highest BCUT2D eigenvalue weighted by atomic mass is 16.4. The highest BCUT2D eigenvalue weighted by molar-refractivity contribution is 6.37. The maximum Gasteiger partial charge on any atom is 0.373 e. The van der Waals surface area contributed by atoms with E-state index in [1.54, 1.807) is 0 Å². The molecule has 1 aliphatic rings. The molecule has 0 bridgehead atoms. The summed E-state index contributed by atoms with van der Waals surface area (Å²) in [6.07, 6.45) is 0.641. The summed E-state index contributed by atoms with van der Waals surface area (Å²) in [5.74, 6) is -1.88. The van der Waals surface area contributed by atoms with Crippen LogP contribution in [0.3, 0.4) is 0 Å². The number of Topliss-reactive ketones (excluding diaryl/α,β-unsaturated/α-hetero) is 1. The van der Waals surface area contributed by atoms with Crippen molar-refractivity contribution in [1.82, 2.24) is 0 Å². The van der Waals surface area contributed by atoms with E-state index < -0.39 is 17.2 Å². The number of hydrogen-bond acceptors (Lipinski definition) is 2. The van der Waals surface area contributed by atoms with Crippen molar-refractivity contribution in [2.75, 3.05) is 0 Å². The second kappa shape index (κ2) is 3.19. The van der Waals surface area contributed by atoms with Crippen LogP contribution < -0.4 is 0 Å². The predicted octanol–water partition coefficient (Wildman–Crippen LogP) is 1.62. The van der Waals surface area contributed by atoms with Crippen LogP contribution in [-0.2, 0) is 15.0 Å². The van der Waals surface area contributed by atoms with E-state index in [0.717, 1.165) is 5.56 Å². The quantitative estimate of drug-likeness (QED) is 0.761. The molecule has 2 unspecified atom stereocenters. The van der Waals surface area contributed by atoms with E-state index >= 15 is 0 Å². The largest absolute Gasteiger partial charge is 0.475 e. The Labute approximate surface area is 87.7 Å². The van der Waals surface area contributed by atoms with Gasteiger partial charge < -0.3 is 5.11 Å². The molecule has 78 valence electrons. The Balaban J connectivity index is 2.41. The molecule has 1 saturated carbocycles. The lowest BCUT2D eigenvalue weighted by atomic mass is 9.89. The Morgan fingerprint density at radius 3 is 2.27 bits per heavy atom. The number of carbonyl (C=O) groups excluding carboxylic acids is 1. The summed E-state index contributed by atoms with van der Waals surface area (Å²) in [6, 6.07) is 9.17. The molecular formula is C12H12O3. The molecule has 0 aliphatic heterocycles. The molecule has 0 radical (unpaired) electrons. The van der Waals surface area contributed by atoms with Crippen molar-refractivity contribution in [3.05, 3.63) is 35.9 Å². The number of hydrogen-bond donors (Lipinski definition) is 1. The van der Waals surface area contributed by atoms with Crippen LogP contribution in [0.2, 0.25) is 0 Å². The second-order valence-corrected chi connectivity index (χ2v) is 4.08. The van der Waals surface area contributed by atoms with Crippen LogP contribution in [0.25, 0.3) is 0 Å². The molecule has 1 aromatic rings. The zero-order valence-corrected chi connectivity index (χ0v) is 8.43. The van der Waals surface area contributed by atoms with Gasteiger partial charge in [-0.05, 0) is 17.9 Å². The molecule has 0 aromatic heterocycles. The zero-order chi connectivity index (χ0) is 11.1. The molecule has 0 heterocycles. The summed E-state index contributed by atoms with van der Waals surface area (Å²) in [6.45, 7) is 1.91. The first-order chi connectivity index (χ1) is 7.09. The first-order valence-corrected chi connectivity index (χ1v) is 4.92. The number of ketones is 1. The SMILES string of the molecule is CC1CC1(C(=O)C(=O)O)c1ccccc1. The van der Waals surface area contributed by atoms with Crippen LogP contribution in [0.4, 0.5) is 0 Å². The number of carboxylic acids is 1. The molecule has 0 spiro atoms. The van der Waals surface area contributed by atoms with E-state index in [1.807, 2.05) is 37.3 Å². The fraction of sp³-hybridized carbons (Fsp3) is 0.333. The Hall–Kier alpha value is -1.64. The minimum atomic E-state index is -1.33. The van der Waals surface area contributed by atoms with Gasteiger partial charge in [0.1, 0.15) is 0 Å². The van der Waals surface area contributed by atoms with E-state index in [9.17, 15) is 9.59 Å². The van der Waals surface area contributed by atoms with Gasteiger partial charge in [-0.2, -0.15) is 0 Å². The zero-order valence-electron chi connectivity index (χ0n) is 8.43. The standard InChI is InChI=1S/C12H12O3/c1-8-7-12(8,10(13)11(14)15)9-5-3-2-4-6-9/h2-6,8H,7H2,1H3,(H,14,15). The van der Waals surface area contributed by atoms with Gasteiger partial charge in [0, 0.05) is 0 Å².